The molecular weight excluding hydrogens is 324 g/mol. The van der Waals surface area contributed by atoms with Crippen molar-refractivity contribution in [2.45, 2.75) is 25.3 Å². The number of benzene rings is 2. The van der Waals surface area contributed by atoms with E-state index in [1.807, 2.05) is 35.2 Å². The van der Waals surface area contributed by atoms with Gasteiger partial charge >= 0.3 is 0 Å². The largest absolute Gasteiger partial charge is 0.379 e. The van der Waals surface area contributed by atoms with Crippen LogP contribution in [0.1, 0.15) is 24.5 Å². The molecule has 1 unspecified atom stereocenters. The van der Waals surface area contributed by atoms with Crippen molar-refractivity contribution in [3.05, 3.63) is 65.7 Å². The van der Waals surface area contributed by atoms with E-state index in [1.165, 1.54) is 0 Å². The Bertz CT molecular complexity index is 771. The van der Waals surface area contributed by atoms with Gasteiger partial charge in [-0.2, -0.15) is 0 Å². The summed E-state index contributed by atoms with van der Waals surface area (Å²) >= 11 is 0. The molecule has 0 aliphatic carbocycles. The van der Waals surface area contributed by atoms with Gasteiger partial charge in [0.25, 0.3) is 0 Å². The van der Waals surface area contributed by atoms with Crippen molar-refractivity contribution in [2.24, 2.45) is 0 Å². The van der Waals surface area contributed by atoms with E-state index in [9.17, 15) is 4.79 Å². The number of carbonyl (C=O) groups excluding carboxylic acids is 1. The molecule has 1 atom stereocenters. The maximum Gasteiger partial charge on any atom is 0.237 e. The Labute approximate surface area is 155 Å². The lowest BCUT2D eigenvalue weighted by Crippen LogP contribution is -2.43. The quantitative estimate of drug-likeness (QED) is 0.830. The maximum atomic E-state index is 13.4. The summed E-state index contributed by atoms with van der Waals surface area (Å²) in [6.45, 7) is 7.17. The number of para-hydroxylation sites is 1. The molecule has 0 saturated carbocycles. The fourth-order valence-corrected chi connectivity index (χ4v) is 4.07. The minimum absolute atomic E-state index is 0.218. The predicted molar refractivity (Wildman–Crippen MR) is 103 cm³/mol. The fraction of sp³-hybridized carbons (Fsp3) is 0.409. The van der Waals surface area contributed by atoms with Crippen LogP contribution in [0, 0.1) is 0 Å². The van der Waals surface area contributed by atoms with Crippen LogP contribution in [0.15, 0.2) is 54.6 Å². The Morgan fingerprint density at radius 3 is 2.46 bits per heavy atom. The number of anilines is 1. The smallest absolute Gasteiger partial charge is 0.237 e. The van der Waals surface area contributed by atoms with E-state index < -0.39 is 5.41 Å². The first kappa shape index (κ1) is 17.3. The minimum atomic E-state index is -0.455. The molecule has 2 aromatic rings. The fourth-order valence-electron chi connectivity index (χ4n) is 4.07. The number of carbonyl (C=O) groups is 1. The lowest BCUT2D eigenvalue weighted by Gasteiger charge is -2.31. The normalized spacial score (nSPS) is 23.3. The van der Waals surface area contributed by atoms with Crippen molar-refractivity contribution in [1.82, 2.24) is 4.90 Å². The van der Waals surface area contributed by atoms with Crippen LogP contribution in [-0.4, -0.2) is 43.7 Å². The van der Waals surface area contributed by atoms with E-state index >= 15 is 0 Å². The van der Waals surface area contributed by atoms with Gasteiger partial charge in [0.1, 0.15) is 0 Å². The molecule has 4 heteroatoms. The van der Waals surface area contributed by atoms with Gasteiger partial charge in [-0.25, -0.2) is 0 Å². The standard InChI is InChI=1S/C22H26N2O2/c1-22(11-12-23-13-15-26-16-14-23)19-9-5-6-10-20(19)24(21(22)25)17-18-7-3-2-4-8-18/h2-10H,11-17H2,1H3. The summed E-state index contributed by atoms with van der Waals surface area (Å²) in [5, 5.41) is 0. The Kier molecular flexibility index (Phi) is 4.79. The van der Waals surface area contributed by atoms with E-state index in [-0.39, 0.29) is 5.91 Å². The van der Waals surface area contributed by atoms with Crippen molar-refractivity contribution in [3.8, 4) is 0 Å². The molecule has 0 bridgehead atoms. The van der Waals surface area contributed by atoms with Gasteiger partial charge in [-0.3, -0.25) is 9.69 Å². The molecule has 1 saturated heterocycles. The second-order valence-electron chi connectivity index (χ2n) is 7.43. The van der Waals surface area contributed by atoms with Gasteiger partial charge in [0.2, 0.25) is 5.91 Å². The molecule has 2 heterocycles. The van der Waals surface area contributed by atoms with E-state index in [2.05, 4.69) is 36.1 Å². The number of morpholine rings is 1. The predicted octanol–water partition coefficient (Wildman–Crippen LogP) is 3.21. The molecule has 4 nitrogen and oxygen atoms in total. The van der Waals surface area contributed by atoms with Crippen LogP contribution in [0.5, 0.6) is 0 Å². The highest BCUT2D eigenvalue weighted by molar-refractivity contribution is 6.07. The molecule has 0 N–H and O–H groups in total. The van der Waals surface area contributed by atoms with Gasteiger partial charge in [-0.1, -0.05) is 48.5 Å². The average molecular weight is 350 g/mol. The first-order valence-corrected chi connectivity index (χ1v) is 9.44. The first-order valence-electron chi connectivity index (χ1n) is 9.44. The van der Waals surface area contributed by atoms with Crippen LogP contribution in [0.4, 0.5) is 5.69 Å². The van der Waals surface area contributed by atoms with Crippen LogP contribution < -0.4 is 4.90 Å². The topological polar surface area (TPSA) is 32.8 Å². The maximum absolute atomic E-state index is 13.4. The summed E-state index contributed by atoms with van der Waals surface area (Å²) in [7, 11) is 0. The van der Waals surface area contributed by atoms with E-state index in [1.54, 1.807) is 0 Å². The molecule has 0 spiro atoms. The van der Waals surface area contributed by atoms with Gasteiger partial charge in [0.15, 0.2) is 0 Å². The van der Waals surface area contributed by atoms with Crippen LogP contribution in [0.2, 0.25) is 0 Å². The Balaban J connectivity index is 1.58. The highest BCUT2D eigenvalue weighted by Crippen LogP contribution is 2.44. The number of rotatable bonds is 5. The third kappa shape index (κ3) is 3.15. The van der Waals surface area contributed by atoms with Crippen molar-refractivity contribution in [1.29, 1.82) is 0 Å². The molecule has 2 aliphatic heterocycles. The minimum Gasteiger partial charge on any atom is -0.379 e. The molecule has 0 radical (unpaired) electrons. The average Bonchev–Trinajstić information content (AvgIpc) is 2.91. The van der Waals surface area contributed by atoms with E-state index in [4.69, 9.17) is 4.74 Å². The summed E-state index contributed by atoms with van der Waals surface area (Å²) < 4.78 is 5.44. The van der Waals surface area contributed by atoms with Crippen molar-refractivity contribution in [3.63, 3.8) is 0 Å². The number of fused-ring (bicyclic) bond motifs is 1. The van der Waals surface area contributed by atoms with Crippen LogP contribution in [-0.2, 0) is 21.5 Å². The molecule has 1 amide bonds. The van der Waals surface area contributed by atoms with Gasteiger partial charge in [-0.05, 0) is 37.1 Å². The number of amides is 1. The summed E-state index contributed by atoms with van der Waals surface area (Å²) in [5.74, 6) is 0.218. The zero-order valence-corrected chi connectivity index (χ0v) is 15.4. The molecule has 136 valence electrons. The Hall–Kier alpha value is -2.17. The monoisotopic (exact) mass is 350 g/mol. The number of hydrogen-bond donors (Lipinski definition) is 0. The number of ether oxygens (including phenoxy) is 1. The number of hydrogen-bond acceptors (Lipinski definition) is 3. The lowest BCUT2D eigenvalue weighted by molar-refractivity contribution is -0.123. The third-order valence-electron chi connectivity index (χ3n) is 5.72. The Morgan fingerprint density at radius 2 is 1.69 bits per heavy atom. The highest BCUT2D eigenvalue weighted by Gasteiger charge is 2.46. The molecule has 26 heavy (non-hydrogen) atoms. The molecule has 1 fully saturated rings. The second kappa shape index (κ2) is 7.22. The van der Waals surface area contributed by atoms with Crippen molar-refractivity contribution < 1.29 is 9.53 Å². The van der Waals surface area contributed by atoms with Crippen LogP contribution in [0.3, 0.4) is 0 Å². The van der Waals surface area contributed by atoms with Gasteiger partial charge in [-0.15, -0.1) is 0 Å². The summed E-state index contributed by atoms with van der Waals surface area (Å²) in [6, 6.07) is 18.5. The molecule has 4 rings (SSSR count). The zero-order chi connectivity index (χ0) is 18.0. The zero-order valence-electron chi connectivity index (χ0n) is 15.4. The second-order valence-corrected chi connectivity index (χ2v) is 7.43. The lowest BCUT2D eigenvalue weighted by atomic mass is 9.80. The molecule has 0 aromatic heterocycles. The van der Waals surface area contributed by atoms with Gasteiger partial charge in [0.05, 0.1) is 25.2 Å². The third-order valence-corrected chi connectivity index (χ3v) is 5.72. The van der Waals surface area contributed by atoms with E-state index in [0.717, 1.165) is 56.1 Å². The van der Waals surface area contributed by atoms with Crippen LogP contribution in [0.25, 0.3) is 0 Å². The molecule has 2 aliphatic rings. The van der Waals surface area contributed by atoms with E-state index in [0.29, 0.717) is 6.54 Å². The summed E-state index contributed by atoms with van der Waals surface area (Å²) in [6.07, 6.45) is 0.841. The van der Waals surface area contributed by atoms with Crippen molar-refractivity contribution in [2.75, 3.05) is 37.7 Å². The SMILES string of the molecule is CC1(CCN2CCOCC2)C(=O)N(Cc2ccccc2)c2ccccc21. The first-order chi connectivity index (χ1) is 12.7. The van der Waals surface area contributed by atoms with Crippen LogP contribution >= 0.6 is 0 Å². The molecular formula is C22H26N2O2. The van der Waals surface area contributed by atoms with Gasteiger partial charge in [0, 0.05) is 18.8 Å². The Morgan fingerprint density at radius 1 is 1.00 bits per heavy atom. The molecule has 2 aromatic carbocycles. The summed E-state index contributed by atoms with van der Waals surface area (Å²) in [5.41, 5.74) is 2.93. The van der Waals surface area contributed by atoms with Gasteiger partial charge < -0.3 is 9.64 Å². The number of nitrogens with zero attached hydrogens (tertiary/aromatic N) is 2. The summed E-state index contributed by atoms with van der Waals surface area (Å²) in [4.78, 5) is 17.8. The highest BCUT2D eigenvalue weighted by atomic mass is 16.5. The van der Waals surface area contributed by atoms with Crippen molar-refractivity contribution >= 4 is 11.6 Å².